The van der Waals surface area contributed by atoms with Crippen molar-refractivity contribution in [3.8, 4) is 0 Å². The third-order valence-corrected chi connectivity index (χ3v) is 9.97. The van der Waals surface area contributed by atoms with E-state index in [-0.39, 0.29) is 16.5 Å². The molecule has 0 fully saturated rings. The van der Waals surface area contributed by atoms with Gasteiger partial charge < -0.3 is 0 Å². The van der Waals surface area contributed by atoms with Gasteiger partial charge in [0, 0.05) is 16.5 Å². The largest absolute Gasteiger partial charge is 0.252 e. The molecule has 2 nitrogen and oxygen atoms in total. The summed E-state index contributed by atoms with van der Waals surface area (Å²) in [5, 5.41) is 0. The van der Waals surface area contributed by atoms with Gasteiger partial charge in [0.1, 0.15) is 0 Å². The van der Waals surface area contributed by atoms with Gasteiger partial charge in [-0.1, -0.05) is 187 Å². The van der Waals surface area contributed by atoms with Crippen LogP contribution in [0.15, 0.2) is 58.5 Å². The molecule has 0 bridgehead atoms. The van der Waals surface area contributed by atoms with Crippen LogP contribution >= 0.6 is 0 Å². The fourth-order valence-electron chi connectivity index (χ4n) is 6.75. The molecule has 0 aromatic heterocycles. The Hall–Kier alpha value is -1.73. The molecule has 0 radical (unpaired) electrons. The Balaban J connectivity index is 0.0000120. The molecule has 0 aliphatic rings. The molecule has 2 aromatic carbocycles. The van der Waals surface area contributed by atoms with Crippen LogP contribution in [-0.2, 0) is 29.3 Å². The molecule has 0 spiro atoms. The first-order valence-corrected chi connectivity index (χ1v) is 21.0. The summed E-state index contributed by atoms with van der Waals surface area (Å²) < 4.78 is 0. The molecule has 2 aromatic rings. The van der Waals surface area contributed by atoms with Crippen LogP contribution in [0.1, 0.15) is 206 Å². The van der Waals surface area contributed by atoms with Crippen molar-refractivity contribution >= 4 is 22.8 Å². The third-order valence-electron chi connectivity index (χ3n) is 9.97. The van der Waals surface area contributed by atoms with Crippen molar-refractivity contribution in [2.45, 2.75) is 207 Å². The van der Waals surface area contributed by atoms with Crippen molar-refractivity contribution in [1.29, 1.82) is 0 Å². The molecule has 0 heterocycles. The second-order valence-electron chi connectivity index (χ2n) is 14.5. The minimum atomic E-state index is 0. The summed E-state index contributed by atoms with van der Waals surface area (Å²) in [6.07, 6.45) is 37.1. The van der Waals surface area contributed by atoms with Crippen LogP contribution in [-0.4, -0.2) is 11.4 Å². The smallest absolute Gasteiger partial charge is 0.0633 e. The van der Waals surface area contributed by atoms with Gasteiger partial charge in [0.25, 0.3) is 0 Å². The van der Waals surface area contributed by atoms with Crippen LogP contribution in [0, 0.1) is 0 Å². The molecule has 0 aliphatic carbocycles. The maximum atomic E-state index is 5.21. The Morgan fingerprint density at radius 2 is 0.673 bits per heavy atom. The van der Waals surface area contributed by atoms with E-state index >= 15 is 0 Å². The Labute approximate surface area is 315 Å². The molecule has 0 N–H and O–H groups in total. The zero-order valence-electron chi connectivity index (χ0n) is 32.6. The van der Waals surface area contributed by atoms with Crippen molar-refractivity contribution < 1.29 is 16.5 Å². The van der Waals surface area contributed by atoms with Crippen LogP contribution < -0.4 is 0 Å². The van der Waals surface area contributed by atoms with E-state index in [1.807, 2.05) is 0 Å². The summed E-state index contributed by atoms with van der Waals surface area (Å²) >= 11 is 0. The van der Waals surface area contributed by atoms with Crippen LogP contribution in [0.4, 0.5) is 11.4 Å². The fraction of sp³-hybridized carbons (Fsp3) is 0.696. The molecule has 0 amide bonds. The van der Waals surface area contributed by atoms with E-state index in [2.05, 4.69) is 76.2 Å². The average molecular weight is 716 g/mol. The molecule has 3 heteroatoms. The van der Waals surface area contributed by atoms with Crippen molar-refractivity contribution in [3.63, 3.8) is 0 Å². The fourth-order valence-corrected chi connectivity index (χ4v) is 6.75. The third kappa shape index (κ3) is 23.4. The van der Waals surface area contributed by atoms with Crippen molar-refractivity contribution in [2.75, 3.05) is 0 Å². The standard InChI is InChI=1S/C46H76N2.Ni/c1-5-9-12-15-17-19-21-23-25-27-30-41-33-37-43(38-34-41)47-45(8-4)46(32-29-14-11-7-3)48-44-39-35-42(36-40-44)31-28-26-24-22-20-18-16-13-10-6-2;/h33-40H,5-32H2,1-4H3;. The number of aliphatic imine (C=N–C) groups is 2. The molecule has 0 saturated heterocycles. The van der Waals surface area contributed by atoms with Gasteiger partial charge in [-0.05, 0) is 80.3 Å². The number of unbranched alkanes of at least 4 members (excludes halogenated alkanes) is 21. The predicted molar refractivity (Wildman–Crippen MR) is 217 cm³/mol. The predicted octanol–water partition coefficient (Wildman–Crippen LogP) is 15.8. The van der Waals surface area contributed by atoms with Gasteiger partial charge in [0.15, 0.2) is 0 Å². The summed E-state index contributed by atoms with van der Waals surface area (Å²) in [6, 6.07) is 18.1. The van der Waals surface area contributed by atoms with E-state index in [0.29, 0.717) is 0 Å². The van der Waals surface area contributed by atoms with E-state index in [9.17, 15) is 0 Å². The zero-order valence-corrected chi connectivity index (χ0v) is 33.6. The van der Waals surface area contributed by atoms with E-state index in [4.69, 9.17) is 9.98 Å². The number of aryl methyl sites for hydroxylation is 2. The zero-order chi connectivity index (χ0) is 34.3. The van der Waals surface area contributed by atoms with Crippen molar-refractivity contribution in [2.24, 2.45) is 9.98 Å². The van der Waals surface area contributed by atoms with E-state index < -0.39 is 0 Å². The molecule has 0 aliphatic heterocycles. The van der Waals surface area contributed by atoms with Gasteiger partial charge in [-0.3, -0.25) is 9.98 Å². The Bertz CT molecular complexity index is 1070. The topological polar surface area (TPSA) is 24.7 Å². The Morgan fingerprint density at radius 3 is 1.02 bits per heavy atom. The van der Waals surface area contributed by atoms with Crippen LogP contribution in [0.25, 0.3) is 0 Å². The van der Waals surface area contributed by atoms with Gasteiger partial charge in [-0.25, -0.2) is 0 Å². The molecular weight excluding hydrogens is 639 g/mol. The average Bonchev–Trinajstić information content (AvgIpc) is 3.11. The maximum absolute atomic E-state index is 5.21. The molecular formula is C46H76N2Ni. The van der Waals surface area contributed by atoms with E-state index in [1.165, 1.54) is 184 Å². The Morgan fingerprint density at radius 1 is 0.367 bits per heavy atom. The van der Waals surface area contributed by atoms with Gasteiger partial charge in [0.2, 0.25) is 0 Å². The monoisotopic (exact) mass is 715 g/mol. The van der Waals surface area contributed by atoms with Gasteiger partial charge >= 0.3 is 0 Å². The van der Waals surface area contributed by atoms with Crippen LogP contribution in [0.5, 0.6) is 0 Å². The van der Waals surface area contributed by atoms with E-state index in [0.717, 1.165) is 29.9 Å². The number of hydrogen-bond acceptors (Lipinski definition) is 2. The normalized spacial score (nSPS) is 12.0. The summed E-state index contributed by atoms with van der Waals surface area (Å²) in [5.74, 6) is 0. The first-order valence-electron chi connectivity index (χ1n) is 21.0. The summed E-state index contributed by atoms with van der Waals surface area (Å²) in [4.78, 5) is 10.4. The summed E-state index contributed by atoms with van der Waals surface area (Å²) in [6.45, 7) is 9.11. The SMILES string of the molecule is CCCCCCCCCCCCc1ccc(N=C(CC)C(CCCCCC)=Nc2ccc(CCCCCCCCCCCC)cc2)cc1.[Ni]. The van der Waals surface area contributed by atoms with Gasteiger partial charge in [0.05, 0.1) is 22.8 Å². The quantitative estimate of drug-likeness (QED) is 0.0422. The maximum Gasteiger partial charge on any atom is 0.0633 e. The minimum absolute atomic E-state index is 0. The molecule has 2 rings (SSSR count). The van der Waals surface area contributed by atoms with Gasteiger partial charge in [-0.2, -0.15) is 0 Å². The molecule has 280 valence electrons. The molecule has 0 atom stereocenters. The van der Waals surface area contributed by atoms with Crippen LogP contribution in [0.2, 0.25) is 0 Å². The number of rotatable bonds is 31. The van der Waals surface area contributed by atoms with Crippen LogP contribution in [0.3, 0.4) is 0 Å². The molecule has 0 unspecified atom stereocenters. The minimum Gasteiger partial charge on any atom is -0.252 e. The number of hydrogen-bond donors (Lipinski definition) is 0. The Kier molecular flexibility index (Phi) is 29.8. The van der Waals surface area contributed by atoms with Crippen molar-refractivity contribution in [1.82, 2.24) is 0 Å². The van der Waals surface area contributed by atoms with Crippen molar-refractivity contribution in [3.05, 3.63) is 59.7 Å². The first kappa shape index (κ1) is 45.3. The summed E-state index contributed by atoms with van der Waals surface area (Å²) in [5.41, 5.74) is 7.33. The summed E-state index contributed by atoms with van der Waals surface area (Å²) in [7, 11) is 0. The molecule has 0 saturated carbocycles. The second-order valence-corrected chi connectivity index (χ2v) is 14.5. The van der Waals surface area contributed by atoms with E-state index in [1.54, 1.807) is 0 Å². The molecule has 49 heavy (non-hydrogen) atoms. The number of nitrogens with zero attached hydrogens (tertiary/aromatic N) is 2. The number of benzene rings is 2. The van der Waals surface area contributed by atoms with Gasteiger partial charge in [-0.15, -0.1) is 0 Å². The first-order chi connectivity index (χ1) is 23.7. The second kappa shape index (κ2) is 32.2.